The van der Waals surface area contributed by atoms with Crippen molar-refractivity contribution in [2.75, 3.05) is 0 Å². The molecule has 2 aliphatic rings. The van der Waals surface area contributed by atoms with Gasteiger partial charge in [0.05, 0.1) is 5.41 Å². The summed E-state index contributed by atoms with van der Waals surface area (Å²) >= 11 is 0. The Morgan fingerprint density at radius 3 is 1.62 bits per heavy atom. The lowest BCUT2D eigenvalue weighted by Crippen LogP contribution is -2.40. The number of fused-ring (bicyclic) bond motifs is 9. The zero-order valence-corrected chi connectivity index (χ0v) is 16.7. The van der Waals surface area contributed by atoms with Crippen molar-refractivity contribution in [3.05, 3.63) is 124 Å². The summed E-state index contributed by atoms with van der Waals surface area (Å²) in [6.45, 7) is 4.69. The maximum atomic E-state index is 6.57. The monoisotopic (exact) mass is 368 g/mol. The van der Waals surface area contributed by atoms with Gasteiger partial charge in [0, 0.05) is 5.41 Å². The second kappa shape index (κ2) is 5.51. The number of benzene rings is 4. The topological polar surface area (TPSA) is 0 Å². The molecule has 0 heterocycles. The molecular weight excluding hydrogens is 347 g/mol. The third-order valence-corrected chi connectivity index (χ3v) is 7.11. The Bertz CT molecular complexity index is 1250. The fourth-order valence-corrected chi connectivity index (χ4v) is 5.94. The van der Waals surface area contributed by atoms with Gasteiger partial charge in [-0.05, 0) is 44.5 Å². The molecule has 4 aromatic carbocycles. The highest BCUT2D eigenvalue weighted by Gasteiger charge is 2.53. The van der Waals surface area contributed by atoms with Crippen LogP contribution in [0.1, 0.15) is 47.2 Å². The molecule has 0 nitrogen and oxygen atoms in total. The Morgan fingerprint density at radius 1 is 0.517 bits per heavy atom. The standard InChI is InChI=1S/C28H21B/c1-27(2)20-12-5-7-14-22(20)28(23-15-8-6-13-21(23)27)19-11-4-3-10-18(19)26-24(28)16-9-17-25(26)29/h3-17H,1-2H3. The van der Waals surface area contributed by atoms with Gasteiger partial charge in [-0.15, -0.1) is 0 Å². The van der Waals surface area contributed by atoms with E-state index in [1.54, 1.807) is 0 Å². The highest BCUT2D eigenvalue weighted by atomic mass is 14.5. The van der Waals surface area contributed by atoms with Gasteiger partial charge in [0.2, 0.25) is 0 Å². The Morgan fingerprint density at radius 2 is 1.00 bits per heavy atom. The molecule has 1 heteroatoms. The van der Waals surface area contributed by atoms with Crippen molar-refractivity contribution >= 4 is 13.3 Å². The summed E-state index contributed by atoms with van der Waals surface area (Å²) in [5, 5.41) is 0. The molecule has 136 valence electrons. The summed E-state index contributed by atoms with van der Waals surface area (Å²) in [5.74, 6) is 0. The maximum absolute atomic E-state index is 6.57. The molecule has 0 aliphatic heterocycles. The van der Waals surface area contributed by atoms with Gasteiger partial charge in [-0.1, -0.05) is 110 Å². The van der Waals surface area contributed by atoms with E-state index >= 15 is 0 Å². The zero-order valence-electron chi connectivity index (χ0n) is 16.7. The van der Waals surface area contributed by atoms with E-state index in [1.807, 2.05) is 6.07 Å². The van der Waals surface area contributed by atoms with Gasteiger partial charge in [-0.2, -0.15) is 0 Å². The average Bonchev–Trinajstić information content (AvgIpc) is 3.05. The SMILES string of the molecule is [B]c1cccc2c1-c1ccccc1C21c2ccccc2C(C)(C)c2ccccc21. The predicted molar refractivity (Wildman–Crippen MR) is 121 cm³/mol. The van der Waals surface area contributed by atoms with E-state index in [2.05, 4.69) is 98.8 Å². The maximum Gasteiger partial charge on any atom is 0.114 e. The van der Waals surface area contributed by atoms with Crippen LogP contribution in [0.3, 0.4) is 0 Å². The van der Waals surface area contributed by atoms with E-state index in [1.165, 1.54) is 44.5 Å². The second-order valence-electron chi connectivity index (χ2n) is 8.78. The number of hydrogen-bond acceptors (Lipinski definition) is 0. The summed E-state index contributed by atoms with van der Waals surface area (Å²) in [7, 11) is 6.57. The summed E-state index contributed by atoms with van der Waals surface area (Å²) in [6.07, 6.45) is 0. The Hall–Kier alpha value is -3.06. The van der Waals surface area contributed by atoms with Gasteiger partial charge in [-0.25, -0.2) is 0 Å². The van der Waals surface area contributed by atoms with Gasteiger partial charge < -0.3 is 0 Å². The average molecular weight is 368 g/mol. The summed E-state index contributed by atoms with van der Waals surface area (Å²) in [4.78, 5) is 0. The first-order valence-corrected chi connectivity index (χ1v) is 10.3. The van der Waals surface area contributed by atoms with E-state index in [0.717, 1.165) is 5.46 Å². The van der Waals surface area contributed by atoms with Crippen LogP contribution in [0.2, 0.25) is 0 Å². The highest BCUT2D eigenvalue weighted by Crippen LogP contribution is 2.61. The molecule has 0 amide bonds. The minimum Gasteiger partial charge on any atom is -0.0886 e. The van der Waals surface area contributed by atoms with Gasteiger partial charge >= 0.3 is 0 Å². The molecule has 0 fully saturated rings. The lowest BCUT2D eigenvalue weighted by Gasteiger charge is -2.46. The van der Waals surface area contributed by atoms with Crippen molar-refractivity contribution in [1.82, 2.24) is 0 Å². The van der Waals surface area contributed by atoms with E-state index < -0.39 is 0 Å². The molecule has 29 heavy (non-hydrogen) atoms. The van der Waals surface area contributed by atoms with Crippen molar-refractivity contribution in [1.29, 1.82) is 0 Å². The van der Waals surface area contributed by atoms with Gasteiger partial charge in [-0.3, -0.25) is 0 Å². The lowest BCUT2D eigenvalue weighted by molar-refractivity contribution is 0.563. The molecule has 4 aromatic rings. The van der Waals surface area contributed by atoms with Crippen LogP contribution in [0.25, 0.3) is 11.1 Å². The molecule has 0 atom stereocenters. The highest BCUT2D eigenvalue weighted by molar-refractivity contribution is 6.36. The molecule has 1 spiro atoms. The quantitative estimate of drug-likeness (QED) is 0.318. The van der Waals surface area contributed by atoms with Crippen LogP contribution in [0.15, 0.2) is 91.0 Å². The van der Waals surface area contributed by atoms with Gasteiger partial charge in [0.25, 0.3) is 0 Å². The summed E-state index contributed by atoms with van der Waals surface area (Å²) in [5.41, 5.74) is 11.1. The largest absolute Gasteiger partial charge is 0.114 e. The van der Waals surface area contributed by atoms with Crippen molar-refractivity contribution in [2.24, 2.45) is 0 Å². The molecule has 0 unspecified atom stereocenters. The molecule has 0 saturated heterocycles. The lowest BCUT2D eigenvalue weighted by atomic mass is 9.55. The van der Waals surface area contributed by atoms with Gasteiger partial charge in [0.15, 0.2) is 0 Å². The van der Waals surface area contributed by atoms with Crippen LogP contribution >= 0.6 is 0 Å². The van der Waals surface area contributed by atoms with E-state index in [0.29, 0.717) is 0 Å². The minimum atomic E-state index is -0.329. The second-order valence-corrected chi connectivity index (χ2v) is 8.78. The Balaban J connectivity index is 1.90. The molecule has 0 aromatic heterocycles. The molecule has 2 radical (unpaired) electrons. The van der Waals surface area contributed by atoms with Crippen LogP contribution in [-0.2, 0) is 10.8 Å². The summed E-state index contributed by atoms with van der Waals surface area (Å²) < 4.78 is 0. The van der Waals surface area contributed by atoms with E-state index in [-0.39, 0.29) is 10.8 Å². The normalized spacial score (nSPS) is 16.6. The van der Waals surface area contributed by atoms with Crippen LogP contribution < -0.4 is 5.46 Å². The first-order chi connectivity index (χ1) is 14.1. The Labute approximate surface area is 173 Å². The molecule has 2 aliphatic carbocycles. The molecule has 0 saturated carbocycles. The number of hydrogen-bond donors (Lipinski definition) is 0. The summed E-state index contributed by atoms with van der Waals surface area (Å²) in [6, 6.07) is 33.2. The van der Waals surface area contributed by atoms with E-state index in [4.69, 9.17) is 7.85 Å². The fraction of sp³-hybridized carbons (Fsp3) is 0.143. The van der Waals surface area contributed by atoms with Crippen LogP contribution in [0, 0.1) is 0 Å². The zero-order chi connectivity index (χ0) is 19.8. The molecule has 0 bridgehead atoms. The molecule has 0 N–H and O–H groups in total. The first-order valence-electron chi connectivity index (χ1n) is 10.3. The van der Waals surface area contributed by atoms with Crippen molar-refractivity contribution in [2.45, 2.75) is 24.7 Å². The van der Waals surface area contributed by atoms with Crippen LogP contribution in [0.4, 0.5) is 0 Å². The smallest absolute Gasteiger partial charge is 0.0886 e. The van der Waals surface area contributed by atoms with Crippen LogP contribution in [-0.4, -0.2) is 7.85 Å². The van der Waals surface area contributed by atoms with E-state index in [9.17, 15) is 0 Å². The predicted octanol–water partition coefficient (Wildman–Crippen LogP) is 5.48. The Kier molecular flexibility index (Phi) is 3.20. The fourth-order valence-electron chi connectivity index (χ4n) is 5.94. The molecular formula is C28H21B. The molecule has 6 rings (SSSR count). The van der Waals surface area contributed by atoms with Crippen molar-refractivity contribution in [3.63, 3.8) is 0 Å². The third kappa shape index (κ3) is 1.86. The third-order valence-electron chi connectivity index (χ3n) is 7.11. The number of rotatable bonds is 0. The van der Waals surface area contributed by atoms with Crippen molar-refractivity contribution in [3.8, 4) is 11.1 Å². The first kappa shape index (κ1) is 16.9. The minimum absolute atomic E-state index is 0.0591. The van der Waals surface area contributed by atoms with Crippen molar-refractivity contribution < 1.29 is 0 Å². The van der Waals surface area contributed by atoms with Gasteiger partial charge in [0.1, 0.15) is 7.85 Å². The van der Waals surface area contributed by atoms with Crippen LogP contribution in [0.5, 0.6) is 0 Å².